The molecule has 0 saturated carbocycles. The highest BCUT2D eigenvalue weighted by Gasteiger charge is 2.46. The van der Waals surface area contributed by atoms with Gasteiger partial charge in [0.1, 0.15) is 0 Å². The van der Waals surface area contributed by atoms with Gasteiger partial charge in [-0.2, -0.15) is 0 Å². The van der Waals surface area contributed by atoms with E-state index in [0.29, 0.717) is 0 Å². The van der Waals surface area contributed by atoms with Crippen molar-refractivity contribution in [1.82, 2.24) is 4.57 Å². The van der Waals surface area contributed by atoms with Gasteiger partial charge >= 0.3 is 0 Å². The van der Waals surface area contributed by atoms with Gasteiger partial charge in [-0.15, -0.1) is 0 Å². The Morgan fingerprint density at radius 1 is 0.373 bits per heavy atom. The van der Waals surface area contributed by atoms with Crippen molar-refractivity contribution in [2.24, 2.45) is 0 Å². The first-order valence-corrected chi connectivity index (χ1v) is 18.3. The van der Waals surface area contributed by atoms with Gasteiger partial charge in [-0.1, -0.05) is 174 Å². The minimum absolute atomic E-state index is 0.420. The van der Waals surface area contributed by atoms with E-state index in [4.69, 9.17) is 0 Å². The van der Waals surface area contributed by atoms with Crippen molar-refractivity contribution in [3.8, 4) is 39.1 Å². The summed E-state index contributed by atoms with van der Waals surface area (Å²) in [6.07, 6.45) is 0. The zero-order valence-corrected chi connectivity index (χ0v) is 29.4. The summed E-state index contributed by atoms with van der Waals surface area (Å²) in [5.41, 5.74) is 15.7. The van der Waals surface area contributed by atoms with E-state index in [2.05, 4.69) is 215 Å². The Hall–Kier alpha value is -5.96. The molecule has 10 rings (SSSR count). The number of hydrogen-bond donors (Lipinski definition) is 0. The number of hydrogen-bond acceptors (Lipinski definition) is 0. The van der Waals surface area contributed by atoms with Crippen LogP contribution >= 0.6 is 15.9 Å². The lowest BCUT2D eigenvalue weighted by molar-refractivity contribution is 0.768. The molecule has 9 aromatic rings. The predicted molar refractivity (Wildman–Crippen MR) is 217 cm³/mol. The third-order valence-electron chi connectivity index (χ3n) is 10.7. The Morgan fingerprint density at radius 3 is 1.69 bits per heavy atom. The van der Waals surface area contributed by atoms with Gasteiger partial charge in [0.15, 0.2) is 0 Å². The van der Waals surface area contributed by atoms with Crippen LogP contribution in [-0.2, 0) is 5.41 Å². The Morgan fingerprint density at radius 2 is 0.961 bits per heavy atom. The molecule has 51 heavy (non-hydrogen) atoms. The molecule has 0 amide bonds. The van der Waals surface area contributed by atoms with Crippen LogP contribution in [0, 0.1) is 0 Å². The van der Waals surface area contributed by atoms with Crippen LogP contribution in [0.5, 0.6) is 0 Å². The molecule has 8 aromatic carbocycles. The van der Waals surface area contributed by atoms with Crippen LogP contribution in [0.3, 0.4) is 0 Å². The molecule has 0 fully saturated rings. The van der Waals surface area contributed by atoms with E-state index in [1.165, 1.54) is 77.4 Å². The van der Waals surface area contributed by atoms with E-state index in [1.807, 2.05) is 0 Å². The molecule has 1 nitrogen and oxygen atoms in total. The molecule has 240 valence electrons. The molecule has 0 atom stereocenters. The van der Waals surface area contributed by atoms with Crippen molar-refractivity contribution in [1.29, 1.82) is 0 Å². The second-order valence-electron chi connectivity index (χ2n) is 13.4. The summed E-state index contributed by atoms with van der Waals surface area (Å²) in [4.78, 5) is 0. The molecule has 0 radical (unpaired) electrons. The summed E-state index contributed by atoms with van der Waals surface area (Å²) in [5.74, 6) is 0. The number of nitrogens with zero attached hydrogens (tertiary/aromatic N) is 1. The molecule has 1 aliphatic carbocycles. The molecule has 0 saturated heterocycles. The Labute approximate surface area is 306 Å². The highest BCUT2D eigenvalue weighted by Crippen LogP contribution is 2.56. The van der Waals surface area contributed by atoms with Gasteiger partial charge < -0.3 is 4.57 Å². The number of rotatable bonds is 5. The summed E-state index contributed by atoms with van der Waals surface area (Å²) < 4.78 is 3.54. The minimum atomic E-state index is -0.420. The second kappa shape index (κ2) is 11.8. The minimum Gasteiger partial charge on any atom is -0.309 e. The van der Waals surface area contributed by atoms with Gasteiger partial charge in [0, 0.05) is 20.9 Å². The number of fused-ring (bicyclic) bond motifs is 6. The van der Waals surface area contributed by atoms with Gasteiger partial charge in [0.05, 0.1) is 16.4 Å². The lowest BCUT2D eigenvalue weighted by atomic mass is 9.68. The molecule has 0 bridgehead atoms. The fourth-order valence-electron chi connectivity index (χ4n) is 8.64. The molecule has 1 aromatic heterocycles. The third-order valence-corrected chi connectivity index (χ3v) is 11.2. The van der Waals surface area contributed by atoms with Crippen molar-refractivity contribution >= 4 is 37.7 Å². The lowest BCUT2D eigenvalue weighted by Crippen LogP contribution is -2.28. The highest BCUT2D eigenvalue weighted by molar-refractivity contribution is 9.10. The average Bonchev–Trinajstić information content (AvgIpc) is 3.69. The van der Waals surface area contributed by atoms with E-state index in [0.717, 1.165) is 10.2 Å². The van der Waals surface area contributed by atoms with Crippen molar-refractivity contribution < 1.29 is 0 Å². The third kappa shape index (κ3) is 4.53. The summed E-state index contributed by atoms with van der Waals surface area (Å²) in [5, 5.41) is 2.50. The van der Waals surface area contributed by atoms with Crippen LogP contribution in [-0.4, -0.2) is 4.57 Å². The molecule has 0 aliphatic heterocycles. The van der Waals surface area contributed by atoms with Gasteiger partial charge in [-0.05, 0) is 92.0 Å². The molecule has 0 N–H and O–H groups in total. The Balaban J connectivity index is 1.23. The van der Waals surface area contributed by atoms with Gasteiger partial charge in [-0.25, -0.2) is 0 Å². The van der Waals surface area contributed by atoms with E-state index in [-0.39, 0.29) is 0 Å². The van der Waals surface area contributed by atoms with Crippen molar-refractivity contribution in [2.75, 3.05) is 0 Å². The normalized spacial score (nSPS) is 13.0. The van der Waals surface area contributed by atoms with E-state index in [1.54, 1.807) is 0 Å². The first-order valence-electron chi connectivity index (χ1n) is 17.5. The summed E-state index contributed by atoms with van der Waals surface area (Å²) in [6, 6.07) is 71.2. The molecule has 1 aliphatic rings. The highest BCUT2D eigenvalue weighted by atomic mass is 79.9. The van der Waals surface area contributed by atoms with Crippen LogP contribution in [0.1, 0.15) is 22.3 Å². The Kier molecular flexibility index (Phi) is 6.94. The van der Waals surface area contributed by atoms with Gasteiger partial charge in [0.25, 0.3) is 0 Å². The van der Waals surface area contributed by atoms with Crippen LogP contribution in [0.2, 0.25) is 0 Å². The maximum absolute atomic E-state index is 3.69. The quantitative estimate of drug-likeness (QED) is 0.167. The van der Waals surface area contributed by atoms with Crippen LogP contribution in [0.15, 0.2) is 199 Å². The maximum Gasteiger partial charge on any atom is 0.0713 e. The zero-order chi connectivity index (χ0) is 33.9. The maximum atomic E-state index is 3.69. The summed E-state index contributed by atoms with van der Waals surface area (Å²) in [7, 11) is 0. The molecule has 0 spiro atoms. The monoisotopic (exact) mass is 713 g/mol. The number of halogens is 1. The Bertz CT molecular complexity index is 2720. The van der Waals surface area contributed by atoms with Gasteiger partial charge in [0.2, 0.25) is 0 Å². The smallest absolute Gasteiger partial charge is 0.0713 e. The fourth-order valence-corrected chi connectivity index (χ4v) is 9.03. The molecule has 1 heterocycles. The topological polar surface area (TPSA) is 4.93 Å². The fraction of sp³-hybridized carbons (Fsp3) is 0.0204. The standard InChI is InChI=1S/C49H32BrN/c50-37-19-13-14-33(30-37)39-20-7-8-21-40(39)34-26-28-43-42-23-10-12-25-47(42)51(48(43)31-34)38-27-29-46-44(32-38)41-22-9-11-24-45(41)49(46,35-15-3-1-4-16-35)36-17-5-2-6-18-36/h1-32H. The molecular formula is C49H32BrN. The van der Waals surface area contributed by atoms with Crippen molar-refractivity contribution in [2.45, 2.75) is 5.41 Å². The van der Waals surface area contributed by atoms with Crippen molar-refractivity contribution in [3.63, 3.8) is 0 Å². The second-order valence-corrected chi connectivity index (χ2v) is 14.3. The molecular weight excluding hydrogens is 682 g/mol. The summed E-state index contributed by atoms with van der Waals surface area (Å²) >= 11 is 3.69. The number of para-hydroxylation sites is 1. The molecule has 0 unspecified atom stereocenters. The summed E-state index contributed by atoms with van der Waals surface area (Å²) in [6.45, 7) is 0. The van der Waals surface area contributed by atoms with E-state index >= 15 is 0 Å². The van der Waals surface area contributed by atoms with Crippen LogP contribution < -0.4 is 0 Å². The first-order chi connectivity index (χ1) is 25.2. The molecule has 2 heteroatoms. The largest absolute Gasteiger partial charge is 0.309 e. The SMILES string of the molecule is Brc1cccc(-c2ccccc2-c2ccc3c4ccccc4n(-c4ccc5c(c4)-c4ccccc4C5(c4ccccc4)c4ccccc4)c3c2)c1. The van der Waals surface area contributed by atoms with Crippen LogP contribution in [0.25, 0.3) is 60.9 Å². The number of aromatic nitrogens is 1. The lowest BCUT2D eigenvalue weighted by Gasteiger charge is -2.33. The van der Waals surface area contributed by atoms with Crippen LogP contribution in [0.4, 0.5) is 0 Å². The predicted octanol–water partition coefficient (Wildman–Crippen LogP) is 13.2. The van der Waals surface area contributed by atoms with E-state index in [9.17, 15) is 0 Å². The van der Waals surface area contributed by atoms with Gasteiger partial charge in [-0.3, -0.25) is 0 Å². The average molecular weight is 715 g/mol. The zero-order valence-electron chi connectivity index (χ0n) is 27.8. The number of benzene rings is 8. The first kappa shape index (κ1) is 29.9. The van der Waals surface area contributed by atoms with E-state index < -0.39 is 5.41 Å². The van der Waals surface area contributed by atoms with Crippen molar-refractivity contribution in [3.05, 3.63) is 221 Å².